The second kappa shape index (κ2) is 8.43. The summed E-state index contributed by atoms with van der Waals surface area (Å²) in [5, 5.41) is 30.0. The highest BCUT2D eigenvalue weighted by Gasteiger charge is 2.66. The molecule has 1 aliphatic heterocycles. The number of aliphatic hydroxyl groups is 2. The second-order valence-corrected chi connectivity index (χ2v) is 11.7. The van der Waals surface area contributed by atoms with E-state index in [0.29, 0.717) is 29.1 Å². The molecule has 0 aromatic heterocycles. The molecule has 5 aliphatic rings. The Morgan fingerprint density at radius 3 is 2.78 bits per heavy atom. The Morgan fingerprint density at radius 2 is 1.97 bits per heavy atom. The molecule has 6 heteroatoms. The van der Waals surface area contributed by atoms with Crippen LogP contribution in [0.4, 0.5) is 0 Å². The van der Waals surface area contributed by atoms with Gasteiger partial charge in [-0.1, -0.05) is 19.9 Å². The number of hydrazone groups is 1. The topological polar surface area (TPSA) is 89.2 Å². The second-order valence-electron chi connectivity index (χ2n) is 11.7. The summed E-state index contributed by atoms with van der Waals surface area (Å²) in [6.45, 7) is 6.62. The molecule has 8 atom stereocenters. The van der Waals surface area contributed by atoms with Gasteiger partial charge in [-0.3, -0.25) is 4.99 Å². The highest BCUT2D eigenvalue weighted by Crippen LogP contribution is 2.69. The Labute approximate surface area is 193 Å². The van der Waals surface area contributed by atoms with Gasteiger partial charge in [-0.2, -0.15) is 5.10 Å². The van der Waals surface area contributed by atoms with Crippen LogP contribution in [0.1, 0.15) is 78.1 Å². The molecule has 4 aliphatic carbocycles. The molecule has 4 saturated carbocycles. The van der Waals surface area contributed by atoms with Crippen LogP contribution in [0.25, 0.3) is 0 Å². The highest BCUT2D eigenvalue weighted by molar-refractivity contribution is 5.81. The molecule has 32 heavy (non-hydrogen) atoms. The number of aliphatic imine (C=N–C) groups is 1. The lowest BCUT2D eigenvalue weighted by atomic mass is 9.43. The zero-order valence-electron chi connectivity index (χ0n) is 19.9. The van der Waals surface area contributed by atoms with Crippen molar-refractivity contribution < 1.29 is 10.2 Å². The monoisotopic (exact) mass is 442 g/mol. The van der Waals surface area contributed by atoms with Gasteiger partial charge in [0.1, 0.15) is 0 Å². The molecule has 0 amide bonds. The third-order valence-electron chi connectivity index (χ3n) is 10.5. The van der Waals surface area contributed by atoms with Crippen LogP contribution in [0.3, 0.4) is 0 Å². The fourth-order valence-corrected chi connectivity index (χ4v) is 8.49. The molecule has 5 rings (SSSR count). The van der Waals surface area contributed by atoms with E-state index in [0.717, 1.165) is 70.4 Å². The summed E-state index contributed by atoms with van der Waals surface area (Å²) in [4.78, 5) is 4.37. The Kier molecular flexibility index (Phi) is 5.90. The van der Waals surface area contributed by atoms with Gasteiger partial charge < -0.3 is 15.5 Å². The Balaban J connectivity index is 1.28. The van der Waals surface area contributed by atoms with E-state index in [1.54, 1.807) is 0 Å². The molecule has 0 aromatic carbocycles. The van der Waals surface area contributed by atoms with Crippen molar-refractivity contribution in [2.45, 2.75) is 89.8 Å². The molecule has 4 N–H and O–H groups in total. The van der Waals surface area contributed by atoms with E-state index in [9.17, 15) is 10.2 Å². The van der Waals surface area contributed by atoms with E-state index < -0.39 is 5.60 Å². The van der Waals surface area contributed by atoms with Gasteiger partial charge in [0, 0.05) is 24.7 Å². The number of aliphatic hydroxyl groups excluding tert-OH is 1. The summed E-state index contributed by atoms with van der Waals surface area (Å²) in [6.07, 6.45) is 16.7. The van der Waals surface area contributed by atoms with Crippen molar-refractivity contribution in [2.75, 3.05) is 13.1 Å². The molecular formula is C26H42N4O2. The van der Waals surface area contributed by atoms with E-state index in [1.165, 1.54) is 12.8 Å². The normalized spacial score (nSPS) is 48.6. The van der Waals surface area contributed by atoms with Crippen molar-refractivity contribution in [3.63, 3.8) is 0 Å². The SMILES string of the molecule is C[C@]12CCC(O)CC1CC[C@@H]1[C@H]2CC[C@]2(C)C(C=C/C=N/NC3=NCCCN3)CC[C@@]12O. The number of hydrogen-bond acceptors (Lipinski definition) is 6. The molecule has 4 fully saturated rings. The number of nitrogens with zero attached hydrogens (tertiary/aromatic N) is 2. The summed E-state index contributed by atoms with van der Waals surface area (Å²) in [5.41, 5.74) is 2.65. The zero-order chi connectivity index (χ0) is 22.4. The molecule has 1 heterocycles. The molecule has 0 aromatic rings. The van der Waals surface area contributed by atoms with Gasteiger partial charge in [0.15, 0.2) is 0 Å². The maximum atomic E-state index is 12.2. The van der Waals surface area contributed by atoms with Crippen LogP contribution in [0, 0.1) is 34.5 Å². The molecule has 6 nitrogen and oxygen atoms in total. The zero-order valence-corrected chi connectivity index (χ0v) is 19.9. The third-order valence-corrected chi connectivity index (χ3v) is 10.5. The first-order valence-corrected chi connectivity index (χ1v) is 13.0. The van der Waals surface area contributed by atoms with E-state index in [-0.39, 0.29) is 11.5 Å². The fraction of sp³-hybridized carbons (Fsp3) is 0.846. The minimum absolute atomic E-state index is 0.0572. The molecule has 0 radical (unpaired) electrons. The van der Waals surface area contributed by atoms with Gasteiger partial charge in [0.2, 0.25) is 5.96 Å². The number of rotatable bonds is 3. The maximum Gasteiger partial charge on any atom is 0.212 e. The van der Waals surface area contributed by atoms with Gasteiger partial charge in [-0.05, 0) is 99.4 Å². The first-order chi connectivity index (χ1) is 15.4. The minimum atomic E-state index is -0.564. The molecule has 0 saturated heterocycles. The van der Waals surface area contributed by atoms with Crippen LogP contribution in [-0.2, 0) is 0 Å². The Morgan fingerprint density at radius 1 is 1.09 bits per heavy atom. The summed E-state index contributed by atoms with van der Waals surface area (Å²) < 4.78 is 0. The van der Waals surface area contributed by atoms with Gasteiger partial charge in [0.05, 0.1) is 11.7 Å². The summed E-state index contributed by atoms with van der Waals surface area (Å²) >= 11 is 0. The Bertz CT molecular complexity index is 797. The molecule has 0 bridgehead atoms. The van der Waals surface area contributed by atoms with Crippen LogP contribution >= 0.6 is 0 Å². The van der Waals surface area contributed by atoms with Crippen LogP contribution in [0.15, 0.2) is 22.2 Å². The standard InChI is InChI=1S/C26H42N4O2/c1-24-11-9-20(31)17-19(24)6-7-22-21(24)10-12-25(2)18(8-13-26(22,25)32)5-3-16-29-30-23-27-14-4-15-28-23/h3,5,16,18-22,31-32H,4,6-15,17H2,1-2H3,(H2,27,28,30)/b5-3?,29-16+/t18?,19?,20?,21-,22-,24+,25-,26-/m1/s1. The predicted molar refractivity (Wildman–Crippen MR) is 128 cm³/mol. The van der Waals surface area contributed by atoms with E-state index in [2.05, 4.69) is 40.8 Å². The summed E-state index contributed by atoms with van der Waals surface area (Å²) in [5.74, 6) is 2.78. The van der Waals surface area contributed by atoms with Crippen LogP contribution in [-0.4, -0.2) is 47.2 Å². The minimum Gasteiger partial charge on any atom is -0.393 e. The molecule has 178 valence electrons. The van der Waals surface area contributed by atoms with Crippen LogP contribution < -0.4 is 10.7 Å². The predicted octanol–water partition coefficient (Wildman–Crippen LogP) is 3.60. The number of allylic oxidation sites excluding steroid dienone is 2. The van der Waals surface area contributed by atoms with Gasteiger partial charge >= 0.3 is 0 Å². The van der Waals surface area contributed by atoms with Crippen LogP contribution in [0.2, 0.25) is 0 Å². The Hall–Kier alpha value is -1.40. The average molecular weight is 443 g/mol. The van der Waals surface area contributed by atoms with E-state index in [4.69, 9.17) is 0 Å². The molecular weight excluding hydrogens is 400 g/mol. The van der Waals surface area contributed by atoms with Crippen molar-refractivity contribution in [3.8, 4) is 0 Å². The van der Waals surface area contributed by atoms with Crippen molar-refractivity contribution in [3.05, 3.63) is 12.2 Å². The summed E-state index contributed by atoms with van der Waals surface area (Å²) in [7, 11) is 0. The molecule has 3 unspecified atom stereocenters. The summed E-state index contributed by atoms with van der Waals surface area (Å²) in [6, 6.07) is 0. The van der Waals surface area contributed by atoms with E-state index in [1.807, 2.05) is 12.3 Å². The smallest absolute Gasteiger partial charge is 0.212 e. The average Bonchev–Trinajstić information content (AvgIpc) is 3.06. The van der Waals surface area contributed by atoms with Gasteiger partial charge in [-0.25, -0.2) is 5.43 Å². The maximum absolute atomic E-state index is 12.2. The van der Waals surface area contributed by atoms with Crippen molar-refractivity contribution in [1.29, 1.82) is 0 Å². The number of guanidine groups is 1. The van der Waals surface area contributed by atoms with E-state index >= 15 is 0 Å². The van der Waals surface area contributed by atoms with Crippen LogP contribution in [0.5, 0.6) is 0 Å². The van der Waals surface area contributed by atoms with Gasteiger partial charge in [0.25, 0.3) is 0 Å². The van der Waals surface area contributed by atoms with Crippen molar-refractivity contribution in [2.24, 2.45) is 44.6 Å². The van der Waals surface area contributed by atoms with Crippen molar-refractivity contribution >= 4 is 12.2 Å². The number of fused-ring (bicyclic) bond motifs is 5. The first-order valence-electron chi connectivity index (χ1n) is 13.0. The number of hydrogen-bond donors (Lipinski definition) is 4. The lowest BCUT2D eigenvalue weighted by Crippen LogP contribution is -2.62. The lowest BCUT2D eigenvalue weighted by molar-refractivity contribution is -0.207. The molecule has 0 spiro atoms. The first kappa shape index (κ1) is 22.4. The largest absolute Gasteiger partial charge is 0.393 e. The fourth-order valence-electron chi connectivity index (χ4n) is 8.49. The highest BCUT2D eigenvalue weighted by atomic mass is 16.3. The quantitative estimate of drug-likeness (QED) is 0.397. The van der Waals surface area contributed by atoms with Gasteiger partial charge in [-0.15, -0.1) is 0 Å². The van der Waals surface area contributed by atoms with Crippen molar-refractivity contribution in [1.82, 2.24) is 10.7 Å². The number of nitrogens with one attached hydrogen (secondary N) is 2. The lowest BCUT2D eigenvalue weighted by Gasteiger charge is -2.63. The third kappa shape index (κ3) is 3.53.